The fourth-order valence-corrected chi connectivity index (χ4v) is 9.57. The third kappa shape index (κ3) is 6.22. The first-order chi connectivity index (χ1) is 20.0. The first-order valence-corrected chi connectivity index (χ1v) is 17.1. The number of esters is 1. The largest absolute Gasteiger partial charge is 0.461 e. The first-order valence-electron chi connectivity index (χ1n) is 16.2. The molecule has 0 aliphatic heterocycles. The van der Waals surface area contributed by atoms with Crippen LogP contribution in [0.1, 0.15) is 102 Å². The molecule has 4 aliphatic rings. The number of hydrogen-bond acceptors (Lipinski definition) is 7. The van der Waals surface area contributed by atoms with E-state index in [0.29, 0.717) is 30.6 Å². The number of allylic oxidation sites excluding steroid dienone is 3. The minimum Gasteiger partial charge on any atom is -0.461 e. The number of aromatic nitrogens is 1. The lowest BCUT2D eigenvalue weighted by atomic mass is 9.60. The van der Waals surface area contributed by atoms with Crippen LogP contribution in [-0.2, 0) is 14.9 Å². The minimum absolute atomic E-state index is 0.176. The van der Waals surface area contributed by atoms with Gasteiger partial charge >= 0.3 is 5.97 Å². The van der Waals surface area contributed by atoms with Crippen molar-refractivity contribution in [2.24, 2.45) is 29.1 Å². The second-order valence-electron chi connectivity index (χ2n) is 14.2. The zero-order chi connectivity index (χ0) is 30.2. The summed E-state index contributed by atoms with van der Waals surface area (Å²) in [7, 11) is 0. The van der Waals surface area contributed by atoms with E-state index in [9.17, 15) is 20.1 Å². The smallest absolute Gasteiger partial charge is 0.311 e. The van der Waals surface area contributed by atoms with Crippen molar-refractivity contribution in [3.05, 3.63) is 51.5 Å². The molecule has 1 heterocycles. The number of carbonyl (C=O) groups is 1. The Morgan fingerprint density at radius 3 is 2.64 bits per heavy atom. The second-order valence-corrected chi connectivity index (χ2v) is 15.0. The second kappa shape index (κ2) is 12.7. The Kier molecular flexibility index (Phi) is 9.54. The van der Waals surface area contributed by atoms with Crippen LogP contribution in [0.5, 0.6) is 0 Å². The minimum atomic E-state index is -0.656. The number of thiazole rings is 1. The van der Waals surface area contributed by atoms with Gasteiger partial charge in [0.1, 0.15) is 11.1 Å². The van der Waals surface area contributed by atoms with Gasteiger partial charge in [-0.15, -0.1) is 11.3 Å². The number of aryl methyl sites for hydroxylation is 1. The zero-order valence-corrected chi connectivity index (χ0v) is 26.8. The van der Waals surface area contributed by atoms with Crippen LogP contribution in [0.4, 0.5) is 0 Å². The van der Waals surface area contributed by atoms with Gasteiger partial charge in [0.15, 0.2) is 0 Å². The maximum Gasteiger partial charge on any atom is 0.311 e. The summed E-state index contributed by atoms with van der Waals surface area (Å²) < 4.78 is 6.18. The maximum atomic E-state index is 12.9. The molecule has 4 aliphatic carbocycles. The molecule has 5 rings (SSSR count). The number of ether oxygens (including phenoxy) is 1. The van der Waals surface area contributed by atoms with E-state index in [0.717, 1.165) is 54.0 Å². The van der Waals surface area contributed by atoms with E-state index < -0.39 is 18.1 Å². The fourth-order valence-electron chi connectivity index (χ4n) is 8.46. The number of rotatable bonds is 10. The highest BCUT2D eigenvalue weighted by Crippen LogP contribution is 2.60. The van der Waals surface area contributed by atoms with Crippen LogP contribution in [0.3, 0.4) is 0 Å². The maximum absolute atomic E-state index is 12.9. The molecule has 0 saturated heterocycles. The van der Waals surface area contributed by atoms with Crippen LogP contribution in [0.15, 0.2) is 40.8 Å². The summed E-state index contributed by atoms with van der Waals surface area (Å²) in [6.07, 6.45) is 13.7. The number of fused-ring (bicyclic) bond motifs is 1. The molecule has 4 fully saturated rings. The first kappa shape index (κ1) is 31.6. The van der Waals surface area contributed by atoms with Crippen LogP contribution in [0.25, 0.3) is 0 Å². The van der Waals surface area contributed by atoms with Crippen LogP contribution >= 0.6 is 11.3 Å². The van der Waals surface area contributed by atoms with E-state index >= 15 is 0 Å². The van der Waals surface area contributed by atoms with Crippen LogP contribution < -0.4 is 0 Å². The molecule has 0 spiro atoms. The average molecular weight is 598 g/mol. The van der Waals surface area contributed by atoms with Crippen molar-refractivity contribution in [2.45, 2.75) is 122 Å². The van der Waals surface area contributed by atoms with Crippen molar-refractivity contribution in [3.63, 3.8) is 0 Å². The number of carbonyl (C=O) groups excluding carboxylic acids is 1. The van der Waals surface area contributed by atoms with Gasteiger partial charge in [-0.25, -0.2) is 4.98 Å². The van der Waals surface area contributed by atoms with E-state index in [1.54, 1.807) is 18.3 Å². The summed E-state index contributed by atoms with van der Waals surface area (Å²) >= 11 is 1.68. The lowest BCUT2D eigenvalue weighted by Gasteiger charge is -2.44. The summed E-state index contributed by atoms with van der Waals surface area (Å²) in [6, 6.07) is 0. The summed E-state index contributed by atoms with van der Waals surface area (Å²) in [5.41, 5.74) is 4.32. The summed E-state index contributed by atoms with van der Waals surface area (Å²) in [5, 5.41) is 33.2. The molecular formula is C35H51NO5S. The van der Waals surface area contributed by atoms with Gasteiger partial charge in [-0.2, -0.15) is 0 Å². The zero-order valence-electron chi connectivity index (χ0n) is 26.0. The molecule has 1 aromatic rings. The summed E-state index contributed by atoms with van der Waals surface area (Å²) in [6.45, 7) is 12.5. The highest BCUT2D eigenvalue weighted by atomic mass is 32.1. The highest BCUT2D eigenvalue weighted by Gasteiger charge is 2.56. The van der Waals surface area contributed by atoms with Crippen molar-refractivity contribution in [2.75, 3.05) is 6.61 Å². The van der Waals surface area contributed by atoms with E-state index in [1.165, 1.54) is 31.3 Å². The van der Waals surface area contributed by atoms with Crippen LogP contribution in [-0.4, -0.2) is 51.2 Å². The normalized spacial score (nSPS) is 34.7. The molecule has 0 bridgehead atoms. The molecule has 6 nitrogen and oxygen atoms in total. The van der Waals surface area contributed by atoms with E-state index in [2.05, 4.69) is 38.0 Å². The lowest BCUT2D eigenvalue weighted by Crippen LogP contribution is -2.37. The van der Waals surface area contributed by atoms with Crippen molar-refractivity contribution < 1.29 is 24.9 Å². The molecule has 7 heteroatoms. The molecular weight excluding hydrogens is 546 g/mol. The molecule has 0 aromatic carbocycles. The van der Waals surface area contributed by atoms with Gasteiger partial charge in [0.05, 0.1) is 30.1 Å². The molecule has 1 aromatic heterocycles. The Bertz CT molecular complexity index is 1210. The number of nitrogens with zero attached hydrogens (tertiary/aromatic N) is 1. The van der Waals surface area contributed by atoms with Gasteiger partial charge in [0, 0.05) is 17.5 Å². The van der Waals surface area contributed by atoms with Crippen molar-refractivity contribution in [1.29, 1.82) is 0 Å². The fraction of sp³-hybridized carbons (Fsp3) is 0.714. The SMILES string of the molecule is C=C1/C(=C\C=C2/CCC[C@]3(C)[C@@H]([C@H](C)CC[C@@H](OC(=O)C(C)CO)C4(c5nc(C)cs5)CC4)CC[C@@H]23)C[C@@H](O)C[C@@H]1O. The third-order valence-corrected chi connectivity index (χ3v) is 12.4. The van der Waals surface area contributed by atoms with Crippen molar-refractivity contribution in [3.8, 4) is 0 Å². The predicted molar refractivity (Wildman–Crippen MR) is 167 cm³/mol. The molecule has 232 valence electrons. The monoisotopic (exact) mass is 597 g/mol. The Morgan fingerprint density at radius 2 is 1.98 bits per heavy atom. The quantitative estimate of drug-likeness (QED) is 0.264. The van der Waals surface area contributed by atoms with Gasteiger partial charge < -0.3 is 20.1 Å². The van der Waals surface area contributed by atoms with Crippen molar-refractivity contribution in [1.82, 2.24) is 4.98 Å². The molecule has 42 heavy (non-hydrogen) atoms. The van der Waals surface area contributed by atoms with Gasteiger partial charge in [0.25, 0.3) is 0 Å². The number of hydrogen-bond donors (Lipinski definition) is 3. The molecule has 3 N–H and O–H groups in total. The Morgan fingerprint density at radius 1 is 1.21 bits per heavy atom. The van der Waals surface area contributed by atoms with E-state index in [4.69, 9.17) is 9.72 Å². The Balaban J connectivity index is 1.29. The number of aliphatic hydroxyl groups is 3. The Labute approximate surface area is 256 Å². The third-order valence-electron chi connectivity index (χ3n) is 11.3. The Hall–Kier alpha value is -1.80. The summed E-state index contributed by atoms with van der Waals surface area (Å²) in [5.74, 6) is 0.838. The lowest BCUT2D eigenvalue weighted by molar-refractivity contribution is -0.157. The molecule has 1 unspecified atom stereocenters. The molecule has 8 atom stereocenters. The van der Waals surface area contributed by atoms with Crippen LogP contribution in [0.2, 0.25) is 0 Å². The van der Waals surface area contributed by atoms with Gasteiger partial charge in [-0.3, -0.25) is 4.79 Å². The molecule has 0 radical (unpaired) electrons. The van der Waals surface area contributed by atoms with Gasteiger partial charge in [0.2, 0.25) is 0 Å². The number of aliphatic hydroxyl groups excluding tert-OH is 3. The topological polar surface area (TPSA) is 99.9 Å². The van der Waals surface area contributed by atoms with Crippen LogP contribution in [0, 0.1) is 36.0 Å². The average Bonchev–Trinajstić information content (AvgIpc) is 3.51. The van der Waals surface area contributed by atoms with Crippen molar-refractivity contribution >= 4 is 17.3 Å². The van der Waals surface area contributed by atoms with Gasteiger partial charge in [-0.1, -0.05) is 38.2 Å². The van der Waals surface area contributed by atoms with E-state index in [-0.39, 0.29) is 29.5 Å². The van der Waals surface area contributed by atoms with E-state index in [1.807, 2.05) is 6.92 Å². The molecule has 0 amide bonds. The molecule has 4 saturated carbocycles. The summed E-state index contributed by atoms with van der Waals surface area (Å²) in [4.78, 5) is 17.7. The standard InChI is InChI=1S/C35H51NO5S/c1-21(8-13-31(41-32(40)22(2)19-37)35(15-16-35)33-36-23(3)20-42-33)28-11-12-29-25(7-6-14-34(28,29)5)9-10-26-17-27(38)18-30(39)24(26)4/h9-10,20-22,27-31,37-39H,4,6-8,11-19H2,1-3,5H3/b25-9+,26-10-/t21-,22?,27-,28-,29+,30+,31-,34-/m1/s1. The highest BCUT2D eigenvalue weighted by molar-refractivity contribution is 7.09. The predicted octanol–water partition coefficient (Wildman–Crippen LogP) is 6.58. The van der Waals surface area contributed by atoms with Gasteiger partial charge in [-0.05, 0) is 112 Å².